The molecule has 1 aromatic heterocycles. The summed E-state index contributed by atoms with van der Waals surface area (Å²) in [6, 6.07) is 0. The van der Waals surface area contributed by atoms with E-state index < -0.39 is 0 Å². The molecular formula is C11H19N3O. The fraction of sp³-hybridized carbons (Fsp3) is 0.727. The number of hydrogen-bond donors (Lipinski definition) is 2. The Bertz CT molecular complexity index is 315. The molecule has 2 heterocycles. The van der Waals surface area contributed by atoms with E-state index in [1.165, 1.54) is 12.8 Å². The normalized spacial score (nSPS) is 26.8. The van der Waals surface area contributed by atoms with Gasteiger partial charge in [0.2, 0.25) is 0 Å². The van der Waals surface area contributed by atoms with Crippen LogP contribution in [0.5, 0.6) is 0 Å². The first-order valence-electron chi connectivity index (χ1n) is 5.57. The zero-order chi connectivity index (χ0) is 10.7. The summed E-state index contributed by atoms with van der Waals surface area (Å²) in [4.78, 5) is 7.74. The number of aromatic nitrogens is 2. The molecule has 84 valence electrons. The number of nitrogens with one attached hydrogen (secondary N) is 2. The minimum atomic E-state index is -0.204. The molecule has 1 fully saturated rings. The van der Waals surface area contributed by atoms with Crippen molar-refractivity contribution in [2.75, 3.05) is 13.7 Å². The zero-order valence-corrected chi connectivity index (χ0v) is 9.47. The highest BCUT2D eigenvalue weighted by atomic mass is 16.5. The summed E-state index contributed by atoms with van der Waals surface area (Å²) in [5, 5.41) is 3.10. The lowest BCUT2D eigenvalue weighted by atomic mass is 9.95. The summed E-state index contributed by atoms with van der Waals surface area (Å²) in [5.74, 6) is 0.965. The third-order valence-corrected chi connectivity index (χ3v) is 2.97. The quantitative estimate of drug-likeness (QED) is 0.794. The topological polar surface area (TPSA) is 49.9 Å². The van der Waals surface area contributed by atoms with E-state index in [1.807, 2.05) is 13.2 Å². The highest BCUT2D eigenvalue weighted by Crippen LogP contribution is 2.32. The van der Waals surface area contributed by atoms with Crippen LogP contribution in [0.15, 0.2) is 6.20 Å². The predicted molar refractivity (Wildman–Crippen MR) is 58.5 cm³/mol. The van der Waals surface area contributed by atoms with Gasteiger partial charge in [-0.15, -0.1) is 0 Å². The van der Waals surface area contributed by atoms with E-state index >= 15 is 0 Å². The van der Waals surface area contributed by atoms with Gasteiger partial charge in [0, 0.05) is 25.0 Å². The number of ether oxygens (including phenoxy) is 1. The summed E-state index contributed by atoms with van der Waals surface area (Å²) in [5.41, 5.74) is 0.910. The summed E-state index contributed by atoms with van der Waals surface area (Å²) >= 11 is 0. The standard InChI is InChI=1S/C11H19N3O/c1-11(5-3-4-6-15-11)10-13-8-9(14-10)7-12-2/h8,12H,3-7H2,1-2H3,(H,13,14). The Morgan fingerprint density at radius 2 is 2.47 bits per heavy atom. The van der Waals surface area contributed by atoms with Crippen molar-refractivity contribution in [1.82, 2.24) is 15.3 Å². The first-order chi connectivity index (χ1) is 7.24. The fourth-order valence-corrected chi connectivity index (χ4v) is 2.03. The van der Waals surface area contributed by atoms with Crippen molar-refractivity contribution in [2.24, 2.45) is 0 Å². The van der Waals surface area contributed by atoms with Crippen molar-refractivity contribution >= 4 is 0 Å². The van der Waals surface area contributed by atoms with Gasteiger partial charge in [-0.2, -0.15) is 0 Å². The summed E-state index contributed by atoms with van der Waals surface area (Å²) in [7, 11) is 1.93. The minimum Gasteiger partial charge on any atom is -0.367 e. The second kappa shape index (κ2) is 4.33. The summed E-state index contributed by atoms with van der Waals surface area (Å²) in [6.45, 7) is 3.79. The molecule has 0 saturated carbocycles. The Morgan fingerprint density at radius 3 is 3.13 bits per heavy atom. The summed E-state index contributed by atoms with van der Waals surface area (Å²) in [6.07, 6.45) is 5.33. The number of H-pyrrole nitrogens is 1. The van der Waals surface area contributed by atoms with Crippen LogP contribution >= 0.6 is 0 Å². The van der Waals surface area contributed by atoms with E-state index in [1.54, 1.807) is 0 Å². The molecule has 0 amide bonds. The maximum Gasteiger partial charge on any atom is 0.138 e. The van der Waals surface area contributed by atoms with Gasteiger partial charge in [-0.05, 0) is 33.2 Å². The molecule has 0 spiro atoms. The van der Waals surface area contributed by atoms with E-state index in [2.05, 4.69) is 22.2 Å². The van der Waals surface area contributed by atoms with E-state index in [0.717, 1.165) is 31.1 Å². The molecule has 0 aromatic carbocycles. The Labute approximate surface area is 90.4 Å². The Balaban J connectivity index is 2.12. The van der Waals surface area contributed by atoms with Crippen LogP contribution in [0, 0.1) is 0 Å². The molecule has 1 saturated heterocycles. The highest BCUT2D eigenvalue weighted by Gasteiger charge is 2.32. The van der Waals surface area contributed by atoms with Gasteiger partial charge in [-0.1, -0.05) is 0 Å². The predicted octanol–water partition coefficient (Wildman–Crippen LogP) is 1.54. The molecule has 1 aliphatic heterocycles. The molecule has 2 rings (SSSR count). The molecular weight excluding hydrogens is 190 g/mol. The minimum absolute atomic E-state index is 0.204. The molecule has 2 N–H and O–H groups in total. The van der Waals surface area contributed by atoms with Gasteiger partial charge in [-0.3, -0.25) is 0 Å². The molecule has 0 bridgehead atoms. The Kier molecular flexibility index (Phi) is 3.07. The fourth-order valence-electron chi connectivity index (χ4n) is 2.03. The summed E-state index contributed by atoms with van der Waals surface area (Å²) < 4.78 is 5.83. The van der Waals surface area contributed by atoms with Gasteiger partial charge in [0.05, 0.1) is 0 Å². The van der Waals surface area contributed by atoms with Crippen LogP contribution in [0.4, 0.5) is 0 Å². The molecule has 0 radical (unpaired) electrons. The van der Waals surface area contributed by atoms with Gasteiger partial charge in [0.15, 0.2) is 0 Å². The van der Waals surface area contributed by atoms with Gasteiger partial charge in [-0.25, -0.2) is 4.98 Å². The maximum atomic E-state index is 5.83. The molecule has 15 heavy (non-hydrogen) atoms. The lowest BCUT2D eigenvalue weighted by molar-refractivity contribution is -0.0756. The number of hydrogen-bond acceptors (Lipinski definition) is 3. The average molecular weight is 209 g/mol. The largest absolute Gasteiger partial charge is 0.367 e. The van der Waals surface area contributed by atoms with Crippen molar-refractivity contribution in [1.29, 1.82) is 0 Å². The molecule has 4 nitrogen and oxygen atoms in total. The smallest absolute Gasteiger partial charge is 0.138 e. The molecule has 4 heteroatoms. The van der Waals surface area contributed by atoms with Crippen molar-refractivity contribution in [3.63, 3.8) is 0 Å². The van der Waals surface area contributed by atoms with Gasteiger partial charge in [0.1, 0.15) is 11.4 Å². The van der Waals surface area contributed by atoms with Crippen molar-refractivity contribution < 1.29 is 4.74 Å². The van der Waals surface area contributed by atoms with Crippen LogP contribution in [0.2, 0.25) is 0 Å². The molecule has 1 aliphatic rings. The SMILES string of the molecule is CNCc1cnc(C2(C)CCCCO2)[nH]1. The second-order valence-electron chi connectivity index (χ2n) is 4.32. The average Bonchev–Trinajstić information content (AvgIpc) is 2.69. The third-order valence-electron chi connectivity index (χ3n) is 2.97. The number of imidazole rings is 1. The van der Waals surface area contributed by atoms with Crippen LogP contribution in [0.1, 0.15) is 37.7 Å². The Hall–Kier alpha value is -0.870. The maximum absolute atomic E-state index is 5.83. The molecule has 1 atom stereocenters. The van der Waals surface area contributed by atoms with Gasteiger partial charge >= 0.3 is 0 Å². The van der Waals surface area contributed by atoms with E-state index in [0.29, 0.717) is 0 Å². The monoisotopic (exact) mass is 209 g/mol. The highest BCUT2D eigenvalue weighted by molar-refractivity contribution is 5.08. The van der Waals surface area contributed by atoms with Gasteiger partial charge < -0.3 is 15.0 Å². The molecule has 1 aromatic rings. The first-order valence-corrected chi connectivity index (χ1v) is 5.57. The van der Waals surface area contributed by atoms with E-state index in [4.69, 9.17) is 4.74 Å². The van der Waals surface area contributed by atoms with Crippen molar-refractivity contribution in [3.8, 4) is 0 Å². The lowest BCUT2D eigenvalue weighted by Gasteiger charge is -2.31. The van der Waals surface area contributed by atoms with Crippen LogP contribution in [-0.4, -0.2) is 23.6 Å². The lowest BCUT2D eigenvalue weighted by Crippen LogP contribution is -2.31. The zero-order valence-electron chi connectivity index (χ0n) is 9.47. The van der Waals surface area contributed by atoms with Crippen LogP contribution < -0.4 is 5.32 Å². The number of aromatic amines is 1. The molecule has 0 aliphatic carbocycles. The van der Waals surface area contributed by atoms with Gasteiger partial charge in [0.25, 0.3) is 0 Å². The van der Waals surface area contributed by atoms with Crippen LogP contribution in [-0.2, 0) is 16.9 Å². The number of rotatable bonds is 3. The second-order valence-corrected chi connectivity index (χ2v) is 4.32. The van der Waals surface area contributed by atoms with Crippen LogP contribution in [0.3, 0.4) is 0 Å². The molecule has 1 unspecified atom stereocenters. The van der Waals surface area contributed by atoms with Crippen molar-refractivity contribution in [2.45, 2.75) is 38.3 Å². The first kappa shape index (κ1) is 10.6. The Morgan fingerprint density at radius 1 is 1.60 bits per heavy atom. The third kappa shape index (κ3) is 2.21. The van der Waals surface area contributed by atoms with E-state index in [9.17, 15) is 0 Å². The van der Waals surface area contributed by atoms with Crippen molar-refractivity contribution in [3.05, 3.63) is 17.7 Å². The van der Waals surface area contributed by atoms with Crippen LogP contribution in [0.25, 0.3) is 0 Å². The number of nitrogens with zero attached hydrogens (tertiary/aromatic N) is 1. The van der Waals surface area contributed by atoms with E-state index in [-0.39, 0.29) is 5.60 Å².